The van der Waals surface area contributed by atoms with Crippen molar-refractivity contribution < 1.29 is 24.0 Å². The predicted molar refractivity (Wildman–Crippen MR) is 121 cm³/mol. The summed E-state index contributed by atoms with van der Waals surface area (Å²) in [5.41, 5.74) is 6.83. The molecule has 168 valence electrons. The van der Waals surface area contributed by atoms with Crippen LogP contribution in [0.25, 0.3) is 11.1 Å². The van der Waals surface area contributed by atoms with Crippen molar-refractivity contribution in [3.63, 3.8) is 0 Å². The number of methoxy groups -OCH3 is 1. The molecule has 0 aliphatic heterocycles. The molecule has 2 aromatic rings. The first-order valence-electron chi connectivity index (χ1n) is 9.17. The number of thioether (sulfide) groups is 1. The van der Waals surface area contributed by atoms with Crippen LogP contribution < -0.4 is 5.73 Å². The van der Waals surface area contributed by atoms with Crippen molar-refractivity contribution >= 4 is 41.8 Å². The average Bonchev–Trinajstić information content (AvgIpc) is 2.73. The van der Waals surface area contributed by atoms with Crippen molar-refractivity contribution in [3.05, 3.63) is 56.9 Å². The van der Waals surface area contributed by atoms with Gasteiger partial charge in [-0.3, -0.25) is 15.1 Å². The van der Waals surface area contributed by atoms with Crippen LogP contribution in [0.5, 0.6) is 0 Å². The first-order chi connectivity index (χ1) is 14.3. The number of nitro benzene ring substituents is 1. The Balaban J connectivity index is 0.00000480. The number of nitro groups is 1. The fourth-order valence-electron chi connectivity index (χ4n) is 2.96. The van der Waals surface area contributed by atoms with Crippen molar-refractivity contribution in [1.29, 1.82) is 0 Å². The fraction of sp³-hybridized carbons (Fsp3) is 0.350. The van der Waals surface area contributed by atoms with E-state index in [-0.39, 0.29) is 41.4 Å². The number of hydrogen-bond acceptors (Lipinski definition) is 9. The molecule has 0 saturated carbocycles. The van der Waals surface area contributed by atoms with E-state index in [0.29, 0.717) is 35.0 Å². The first-order valence-corrected chi connectivity index (χ1v) is 10.3. The molecule has 0 amide bonds. The Morgan fingerprint density at radius 3 is 2.55 bits per heavy atom. The number of aromatic nitrogens is 1. The van der Waals surface area contributed by atoms with E-state index in [9.17, 15) is 19.7 Å². The fourth-order valence-corrected chi connectivity index (χ4v) is 3.67. The van der Waals surface area contributed by atoms with E-state index in [4.69, 9.17) is 15.2 Å². The number of hydrogen-bond donors (Lipinski definition) is 1. The minimum Gasteiger partial charge on any atom is -0.465 e. The van der Waals surface area contributed by atoms with Gasteiger partial charge < -0.3 is 15.2 Å². The van der Waals surface area contributed by atoms with Crippen LogP contribution in [0.15, 0.2) is 24.3 Å². The second kappa shape index (κ2) is 12.2. The van der Waals surface area contributed by atoms with Gasteiger partial charge in [-0.2, -0.15) is 11.8 Å². The second-order valence-corrected chi connectivity index (χ2v) is 7.23. The molecule has 0 unspecified atom stereocenters. The van der Waals surface area contributed by atoms with Crippen LogP contribution in [-0.4, -0.2) is 47.9 Å². The van der Waals surface area contributed by atoms with E-state index in [1.165, 1.54) is 37.1 Å². The number of non-ortho nitro benzene ring substituents is 1. The van der Waals surface area contributed by atoms with Crippen LogP contribution in [0.3, 0.4) is 0 Å². The molecule has 0 aliphatic rings. The Labute approximate surface area is 190 Å². The van der Waals surface area contributed by atoms with Crippen LogP contribution in [-0.2, 0) is 15.2 Å². The van der Waals surface area contributed by atoms with Crippen LogP contribution in [0.4, 0.5) is 5.69 Å². The predicted octanol–water partition coefficient (Wildman–Crippen LogP) is 3.54. The van der Waals surface area contributed by atoms with Crippen LogP contribution in [0.2, 0.25) is 0 Å². The molecule has 1 heterocycles. The molecule has 0 aliphatic carbocycles. The normalized spacial score (nSPS) is 10.2. The molecule has 0 radical (unpaired) electrons. The third-order valence-electron chi connectivity index (χ3n) is 4.17. The number of carbonyl (C=O) groups is 2. The summed E-state index contributed by atoms with van der Waals surface area (Å²) < 4.78 is 10.1. The van der Waals surface area contributed by atoms with E-state index >= 15 is 0 Å². The van der Waals surface area contributed by atoms with Crippen LogP contribution >= 0.6 is 24.2 Å². The topological polar surface area (TPSA) is 135 Å². The molecule has 0 fully saturated rings. The molecule has 0 atom stereocenters. The molecule has 9 nitrogen and oxygen atoms in total. The Morgan fingerprint density at radius 1 is 1.26 bits per heavy atom. The maximum atomic E-state index is 12.9. The summed E-state index contributed by atoms with van der Waals surface area (Å²) in [6, 6.07) is 5.72. The lowest BCUT2D eigenvalue weighted by Crippen LogP contribution is -2.18. The number of pyridine rings is 1. The molecule has 1 aromatic carbocycles. The van der Waals surface area contributed by atoms with Crippen molar-refractivity contribution in [2.45, 2.75) is 19.6 Å². The van der Waals surface area contributed by atoms with Crippen LogP contribution in [0.1, 0.15) is 39.0 Å². The van der Waals surface area contributed by atoms with Gasteiger partial charge in [0.05, 0.1) is 41.2 Å². The Bertz CT molecular complexity index is 970. The zero-order valence-electron chi connectivity index (χ0n) is 17.4. The third kappa shape index (κ3) is 6.16. The summed E-state index contributed by atoms with van der Waals surface area (Å²) in [5, 5.41) is 11.3. The Hall–Kier alpha value is -2.69. The minimum absolute atomic E-state index is 0. The molecule has 0 spiro atoms. The second-order valence-electron chi connectivity index (χ2n) is 6.13. The minimum atomic E-state index is -0.701. The number of benzene rings is 1. The molecular weight excluding hydrogens is 446 g/mol. The number of nitrogens with two attached hydrogens (primary N) is 1. The number of aryl methyl sites for hydroxylation is 1. The van der Waals surface area contributed by atoms with E-state index in [1.54, 1.807) is 19.9 Å². The molecule has 0 bridgehead atoms. The highest BCUT2D eigenvalue weighted by Crippen LogP contribution is 2.35. The lowest BCUT2D eigenvalue weighted by atomic mass is 9.92. The highest BCUT2D eigenvalue weighted by atomic mass is 35.5. The molecule has 2 N–H and O–H groups in total. The van der Waals surface area contributed by atoms with Crippen LogP contribution in [0, 0.1) is 17.0 Å². The van der Waals surface area contributed by atoms with Gasteiger partial charge in [0, 0.05) is 35.7 Å². The summed E-state index contributed by atoms with van der Waals surface area (Å²) in [7, 11) is 1.22. The van der Waals surface area contributed by atoms with Crippen molar-refractivity contribution in [2.24, 2.45) is 5.73 Å². The lowest BCUT2D eigenvalue weighted by molar-refractivity contribution is -0.384. The zero-order chi connectivity index (χ0) is 22.3. The zero-order valence-corrected chi connectivity index (χ0v) is 19.0. The lowest BCUT2D eigenvalue weighted by Gasteiger charge is -2.18. The quantitative estimate of drug-likeness (QED) is 0.253. The molecular formula is C20H24ClN3O6S. The van der Waals surface area contributed by atoms with Gasteiger partial charge >= 0.3 is 11.9 Å². The average molecular weight is 470 g/mol. The summed E-state index contributed by atoms with van der Waals surface area (Å²) in [4.78, 5) is 40.7. The number of carbonyl (C=O) groups excluding carboxylic acids is 2. The number of ether oxygens (including phenoxy) is 2. The number of halogens is 1. The maximum Gasteiger partial charge on any atom is 0.340 e. The summed E-state index contributed by atoms with van der Waals surface area (Å²) in [5.74, 6) is -0.364. The molecule has 31 heavy (non-hydrogen) atoms. The maximum absolute atomic E-state index is 12.9. The Morgan fingerprint density at radius 2 is 1.97 bits per heavy atom. The van der Waals surface area contributed by atoms with E-state index in [2.05, 4.69) is 4.98 Å². The highest BCUT2D eigenvalue weighted by Gasteiger charge is 2.29. The molecule has 0 saturated heterocycles. The molecule has 1 aromatic heterocycles. The SMILES string of the molecule is CCOC(=O)c1c(CSCCN)nc(C)c(C(=O)OC)c1-c1cccc([N+](=O)[O-])c1.Cl. The largest absolute Gasteiger partial charge is 0.465 e. The van der Waals surface area contributed by atoms with Gasteiger partial charge in [0.1, 0.15) is 0 Å². The summed E-state index contributed by atoms with van der Waals surface area (Å²) in [6.45, 7) is 3.86. The number of nitrogens with zero attached hydrogens (tertiary/aromatic N) is 2. The highest BCUT2D eigenvalue weighted by molar-refractivity contribution is 7.98. The van der Waals surface area contributed by atoms with Crippen molar-refractivity contribution in [1.82, 2.24) is 4.98 Å². The summed E-state index contributed by atoms with van der Waals surface area (Å²) in [6.07, 6.45) is 0. The monoisotopic (exact) mass is 469 g/mol. The van der Waals surface area contributed by atoms with Gasteiger partial charge in [-0.15, -0.1) is 12.4 Å². The third-order valence-corrected chi connectivity index (χ3v) is 5.17. The van der Waals surface area contributed by atoms with Gasteiger partial charge in [-0.05, 0) is 19.4 Å². The summed E-state index contributed by atoms with van der Waals surface area (Å²) >= 11 is 1.48. The van der Waals surface area contributed by atoms with Crippen molar-refractivity contribution in [2.75, 3.05) is 26.0 Å². The first kappa shape index (κ1) is 26.3. The van der Waals surface area contributed by atoms with E-state index in [0.717, 1.165) is 0 Å². The Kier molecular flexibility index (Phi) is 10.4. The van der Waals surface area contributed by atoms with Gasteiger partial charge in [-0.1, -0.05) is 12.1 Å². The molecule has 11 heteroatoms. The standard InChI is InChI=1S/C20H23N3O6S.ClH/c1-4-29-20(25)18-15(11-30-9-8-21)22-12(2)16(19(24)28-3)17(18)13-6-5-7-14(10-13)23(26)27;/h5-7,10H,4,8-9,11,21H2,1-3H3;1H. The van der Waals surface area contributed by atoms with Gasteiger partial charge in [0.15, 0.2) is 0 Å². The van der Waals surface area contributed by atoms with Gasteiger partial charge in [0.25, 0.3) is 5.69 Å². The van der Waals surface area contributed by atoms with Gasteiger partial charge in [0.2, 0.25) is 0 Å². The molecule has 2 rings (SSSR count). The van der Waals surface area contributed by atoms with Crippen molar-refractivity contribution in [3.8, 4) is 11.1 Å². The van der Waals surface area contributed by atoms with E-state index < -0.39 is 16.9 Å². The van der Waals surface area contributed by atoms with E-state index in [1.807, 2.05) is 0 Å². The van der Waals surface area contributed by atoms with Gasteiger partial charge in [-0.25, -0.2) is 9.59 Å². The number of rotatable bonds is 9. The smallest absolute Gasteiger partial charge is 0.340 e. The number of esters is 2.